The average Bonchev–Trinajstić information content (AvgIpc) is 3.39. The number of benzene rings is 1. The van der Waals surface area contributed by atoms with Gasteiger partial charge in [-0.2, -0.15) is 0 Å². The number of hydrogen-bond acceptors (Lipinski definition) is 2. The maximum atomic E-state index is 12.5. The average molecular weight is 314 g/mol. The second-order valence-electron chi connectivity index (χ2n) is 6.96. The van der Waals surface area contributed by atoms with Crippen molar-refractivity contribution in [2.45, 2.75) is 45.6 Å². The van der Waals surface area contributed by atoms with E-state index >= 15 is 0 Å². The third-order valence-corrected chi connectivity index (χ3v) is 5.12. The first-order chi connectivity index (χ1) is 11.1. The molecule has 4 nitrogen and oxygen atoms in total. The van der Waals surface area contributed by atoms with E-state index in [-0.39, 0.29) is 23.8 Å². The molecule has 1 aromatic carbocycles. The molecule has 1 N–H and O–H groups in total. The number of likely N-dealkylation sites (tertiary alicyclic amines) is 1. The molecule has 1 aliphatic carbocycles. The van der Waals surface area contributed by atoms with Crippen molar-refractivity contribution < 1.29 is 9.59 Å². The zero-order chi connectivity index (χ0) is 16.4. The molecular weight excluding hydrogens is 288 g/mol. The van der Waals surface area contributed by atoms with E-state index in [2.05, 4.69) is 24.4 Å². The standard InChI is InChI=1S/C19H26N2O2/c1-13-5-3-4-6-17(13)14(2)20-18(22)15-9-11-21(12-10-15)19(23)16-7-8-16/h3-6,14-16H,7-12H2,1-2H3,(H,20,22). The maximum Gasteiger partial charge on any atom is 0.225 e. The summed E-state index contributed by atoms with van der Waals surface area (Å²) in [6, 6.07) is 8.18. The van der Waals surface area contributed by atoms with Gasteiger partial charge in [-0.1, -0.05) is 24.3 Å². The highest BCUT2D eigenvalue weighted by molar-refractivity contribution is 5.82. The number of carbonyl (C=O) groups is 2. The van der Waals surface area contributed by atoms with E-state index in [1.54, 1.807) is 0 Å². The molecule has 1 aromatic rings. The van der Waals surface area contributed by atoms with Gasteiger partial charge >= 0.3 is 0 Å². The van der Waals surface area contributed by atoms with Crippen LogP contribution in [0, 0.1) is 18.8 Å². The molecule has 4 heteroatoms. The van der Waals surface area contributed by atoms with E-state index in [0.29, 0.717) is 5.91 Å². The topological polar surface area (TPSA) is 49.4 Å². The van der Waals surface area contributed by atoms with Crippen molar-refractivity contribution in [3.05, 3.63) is 35.4 Å². The second-order valence-corrected chi connectivity index (χ2v) is 6.96. The van der Waals surface area contributed by atoms with Crippen molar-refractivity contribution in [3.8, 4) is 0 Å². The van der Waals surface area contributed by atoms with E-state index < -0.39 is 0 Å². The Morgan fingerprint density at radius 3 is 2.35 bits per heavy atom. The number of rotatable bonds is 4. The van der Waals surface area contributed by atoms with Crippen LogP contribution in [-0.4, -0.2) is 29.8 Å². The molecule has 3 rings (SSSR count). The highest BCUT2D eigenvalue weighted by Gasteiger charge is 2.36. The van der Waals surface area contributed by atoms with Gasteiger partial charge in [0.25, 0.3) is 0 Å². The van der Waals surface area contributed by atoms with Gasteiger partial charge in [0.05, 0.1) is 6.04 Å². The largest absolute Gasteiger partial charge is 0.349 e. The summed E-state index contributed by atoms with van der Waals surface area (Å²) in [4.78, 5) is 26.5. The minimum atomic E-state index is 0.0230. The fourth-order valence-corrected chi connectivity index (χ4v) is 3.43. The summed E-state index contributed by atoms with van der Waals surface area (Å²) in [6.07, 6.45) is 3.66. The second kappa shape index (κ2) is 6.73. The zero-order valence-electron chi connectivity index (χ0n) is 14.0. The van der Waals surface area contributed by atoms with Crippen molar-refractivity contribution in [2.24, 2.45) is 11.8 Å². The van der Waals surface area contributed by atoms with Crippen molar-refractivity contribution in [2.75, 3.05) is 13.1 Å². The van der Waals surface area contributed by atoms with Crippen LogP contribution in [0.3, 0.4) is 0 Å². The summed E-state index contributed by atoms with van der Waals surface area (Å²) in [5.41, 5.74) is 2.37. The number of nitrogens with one attached hydrogen (secondary N) is 1. The molecule has 0 aromatic heterocycles. The number of aryl methyl sites for hydroxylation is 1. The van der Waals surface area contributed by atoms with Crippen LogP contribution in [0.15, 0.2) is 24.3 Å². The molecule has 23 heavy (non-hydrogen) atoms. The van der Waals surface area contributed by atoms with Crippen LogP contribution < -0.4 is 5.32 Å². The molecule has 1 unspecified atom stereocenters. The molecule has 2 aliphatic rings. The smallest absolute Gasteiger partial charge is 0.225 e. The predicted molar refractivity (Wildman–Crippen MR) is 89.8 cm³/mol. The van der Waals surface area contributed by atoms with Crippen LogP contribution in [0.1, 0.15) is 49.8 Å². The van der Waals surface area contributed by atoms with Crippen molar-refractivity contribution in [1.82, 2.24) is 10.2 Å². The van der Waals surface area contributed by atoms with E-state index in [9.17, 15) is 9.59 Å². The summed E-state index contributed by atoms with van der Waals surface area (Å²) in [6.45, 7) is 5.56. The summed E-state index contributed by atoms with van der Waals surface area (Å²) >= 11 is 0. The van der Waals surface area contributed by atoms with Crippen molar-refractivity contribution in [3.63, 3.8) is 0 Å². The van der Waals surface area contributed by atoms with E-state index in [1.807, 2.05) is 24.0 Å². The molecule has 2 amide bonds. The molecule has 0 spiro atoms. The van der Waals surface area contributed by atoms with Gasteiger partial charge in [0.2, 0.25) is 11.8 Å². The summed E-state index contributed by atoms with van der Waals surface area (Å²) in [5, 5.41) is 3.14. The Morgan fingerprint density at radius 2 is 1.74 bits per heavy atom. The summed E-state index contributed by atoms with van der Waals surface area (Å²) < 4.78 is 0. The molecule has 1 saturated carbocycles. The lowest BCUT2D eigenvalue weighted by Gasteiger charge is -2.32. The first-order valence-electron chi connectivity index (χ1n) is 8.71. The Balaban J connectivity index is 1.51. The maximum absolute atomic E-state index is 12.5. The molecule has 1 atom stereocenters. The Kier molecular flexibility index (Phi) is 4.69. The molecule has 1 heterocycles. The van der Waals surface area contributed by atoms with Crippen LogP contribution in [0.5, 0.6) is 0 Å². The Morgan fingerprint density at radius 1 is 1.09 bits per heavy atom. The monoisotopic (exact) mass is 314 g/mol. The van der Waals surface area contributed by atoms with Gasteiger partial charge in [-0.3, -0.25) is 9.59 Å². The van der Waals surface area contributed by atoms with Crippen LogP contribution >= 0.6 is 0 Å². The number of hydrogen-bond donors (Lipinski definition) is 1. The molecule has 124 valence electrons. The quantitative estimate of drug-likeness (QED) is 0.929. The first-order valence-corrected chi connectivity index (χ1v) is 8.71. The highest BCUT2D eigenvalue weighted by Crippen LogP contribution is 2.32. The van der Waals surface area contributed by atoms with E-state index in [0.717, 1.165) is 38.8 Å². The molecule has 0 radical (unpaired) electrons. The van der Waals surface area contributed by atoms with E-state index in [4.69, 9.17) is 0 Å². The number of piperidine rings is 1. The minimum absolute atomic E-state index is 0.0230. The zero-order valence-corrected chi connectivity index (χ0v) is 14.0. The van der Waals surface area contributed by atoms with Gasteiger partial charge in [0.1, 0.15) is 0 Å². The van der Waals surface area contributed by atoms with Gasteiger partial charge in [0, 0.05) is 24.9 Å². The van der Waals surface area contributed by atoms with Crippen LogP contribution in [0.2, 0.25) is 0 Å². The lowest BCUT2D eigenvalue weighted by atomic mass is 9.94. The number of carbonyl (C=O) groups excluding carboxylic acids is 2. The first kappa shape index (κ1) is 16.0. The third-order valence-electron chi connectivity index (χ3n) is 5.12. The van der Waals surface area contributed by atoms with E-state index in [1.165, 1.54) is 11.1 Å². The van der Waals surface area contributed by atoms with Gasteiger partial charge in [0.15, 0.2) is 0 Å². The summed E-state index contributed by atoms with van der Waals surface area (Å²) in [5.74, 6) is 0.739. The lowest BCUT2D eigenvalue weighted by Crippen LogP contribution is -2.44. The Hall–Kier alpha value is -1.84. The van der Waals surface area contributed by atoms with Gasteiger partial charge in [-0.25, -0.2) is 0 Å². The van der Waals surface area contributed by atoms with Crippen LogP contribution in [0.4, 0.5) is 0 Å². The van der Waals surface area contributed by atoms with Gasteiger partial charge in [-0.15, -0.1) is 0 Å². The molecule has 1 saturated heterocycles. The molecule has 0 bridgehead atoms. The van der Waals surface area contributed by atoms with Gasteiger partial charge < -0.3 is 10.2 Å². The van der Waals surface area contributed by atoms with Crippen LogP contribution in [0.25, 0.3) is 0 Å². The van der Waals surface area contributed by atoms with Crippen molar-refractivity contribution in [1.29, 1.82) is 0 Å². The highest BCUT2D eigenvalue weighted by atomic mass is 16.2. The van der Waals surface area contributed by atoms with Crippen LogP contribution in [-0.2, 0) is 9.59 Å². The third kappa shape index (κ3) is 3.74. The molecular formula is C19H26N2O2. The fraction of sp³-hybridized carbons (Fsp3) is 0.579. The Bertz CT molecular complexity index is 587. The number of amides is 2. The summed E-state index contributed by atoms with van der Waals surface area (Å²) in [7, 11) is 0. The normalized spacial score (nSPS) is 20.2. The minimum Gasteiger partial charge on any atom is -0.349 e. The van der Waals surface area contributed by atoms with Gasteiger partial charge in [-0.05, 0) is 50.7 Å². The lowest BCUT2D eigenvalue weighted by molar-refractivity contribution is -0.136. The SMILES string of the molecule is Cc1ccccc1C(C)NC(=O)C1CCN(C(=O)C2CC2)CC1. The number of nitrogens with zero attached hydrogens (tertiary/aromatic N) is 1. The molecule has 2 fully saturated rings. The fourth-order valence-electron chi connectivity index (χ4n) is 3.43. The predicted octanol–water partition coefficient (Wildman–Crippen LogP) is 2.82. The van der Waals surface area contributed by atoms with Crippen molar-refractivity contribution >= 4 is 11.8 Å². The Labute approximate surface area is 138 Å². The molecule has 1 aliphatic heterocycles.